The van der Waals surface area contributed by atoms with E-state index in [9.17, 15) is 5.11 Å². The highest BCUT2D eigenvalue weighted by atomic mass is 16.5. The average molecular weight is 356 g/mol. The summed E-state index contributed by atoms with van der Waals surface area (Å²) >= 11 is 0. The van der Waals surface area contributed by atoms with Gasteiger partial charge < -0.3 is 20.5 Å². The van der Waals surface area contributed by atoms with Crippen molar-refractivity contribution in [2.75, 3.05) is 19.7 Å². The van der Waals surface area contributed by atoms with Gasteiger partial charge in [0.25, 0.3) is 0 Å². The zero-order valence-corrected chi connectivity index (χ0v) is 15.7. The van der Waals surface area contributed by atoms with Gasteiger partial charge >= 0.3 is 0 Å². The topological polar surface area (TPSA) is 78.8 Å². The molecular formula is C20H28N4O2. The monoisotopic (exact) mass is 356 g/mol. The minimum Gasteiger partial charge on any atom is -0.478 e. The molecule has 0 aliphatic heterocycles. The Morgan fingerprint density at radius 1 is 1.19 bits per heavy atom. The highest BCUT2D eigenvalue weighted by Gasteiger charge is 2.22. The molecule has 1 aromatic carbocycles. The Bertz CT molecular complexity index is 702. The maximum absolute atomic E-state index is 10.7. The van der Waals surface area contributed by atoms with E-state index in [0.29, 0.717) is 31.5 Å². The Morgan fingerprint density at radius 3 is 2.65 bits per heavy atom. The van der Waals surface area contributed by atoms with Crippen molar-refractivity contribution in [3.8, 4) is 5.88 Å². The molecule has 2 rings (SSSR count). The molecule has 1 heterocycles. The first-order chi connectivity index (χ1) is 12.5. The molecule has 6 heteroatoms. The number of guanidine groups is 1. The van der Waals surface area contributed by atoms with Crippen molar-refractivity contribution in [1.29, 1.82) is 0 Å². The van der Waals surface area contributed by atoms with E-state index in [1.54, 1.807) is 13.1 Å². The Balaban J connectivity index is 2.01. The van der Waals surface area contributed by atoms with E-state index in [1.165, 1.54) is 0 Å². The van der Waals surface area contributed by atoms with Gasteiger partial charge in [-0.2, -0.15) is 0 Å². The molecule has 1 aromatic heterocycles. The molecule has 26 heavy (non-hydrogen) atoms. The van der Waals surface area contributed by atoms with Gasteiger partial charge in [-0.05, 0) is 38.0 Å². The predicted octanol–water partition coefficient (Wildman–Crippen LogP) is 2.44. The number of pyridine rings is 1. The quantitative estimate of drug-likeness (QED) is 0.500. The third-order valence-electron chi connectivity index (χ3n) is 3.85. The van der Waals surface area contributed by atoms with Gasteiger partial charge in [-0.3, -0.25) is 0 Å². The zero-order valence-electron chi connectivity index (χ0n) is 15.7. The number of nitrogens with one attached hydrogen (secondary N) is 2. The summed E-state index contributed by atoms with van der Waals surface area (Å²) in [5, 5.41) is 17.1. The lowest BCUT2D eigenvalue weighted by atomic mass is 9.96. The molecule has 1 atom stereocenters. The number of benzene rings is 1. The molecule has 0 fully saturated rings. The molecule has 0 radical (unpaired) electrons. The van der Waals surface area contributed by atoms with Crippen LogP contribution in [0.4, 0.5) is 0 Å². The van der Waals surface area contributed by atoms with Gasteiger partial charge in [0.05, 0.1) is 19.7 Å². The summed E-state index contributed by atoms with van der Waals surface area (Å²) in [5.41, 5.74) is 0.880. The standard InChI is InChI=1S/C20H28N4O2/c1-4-21-19(23-14-16-11-12-22-18(13-16)26-5-2)24-15-20(3,25)17-9-7-6-8-10-17/h6-13,25H,4-5,14-15H2,1-3H3,(H2,21,23,24). The lowest BCUT2D eigenvalue weighted by molar-refractivity contribution is 0.0617. The summed E-state index contributed by atoms with van der Waals surface area (Å²) in [7, 11) is 0. The number of hydrogen-bond acceptors (Lipinski definition) is 4. The number of aromatic nitrogens is 1. The summed E-state index contributed by atoms with van der Waals surface area (Å²) in [6, 6.07) is 13.4. The number of rotatable bonds is 8. The summed E-state index contributed by atoms with van der Waals surface area (Å²) in [4.78, 5) is 8.74. The second-order valence-electron chi connectivity index (χ2n) is 6.12. The van der Waals surface area contributed by atoms with Crippen molar-refractivity contribution in [3.63, 3.8) is 0 Å². The van der Waals surface area contributed by atoms with E-state index in [4.69, 9.17) is 4.74 Å². The fourth-order valence-electron chi connectivity index (χ4n) is 2.44. The van der Waals surface area contributed by atoms with E-state index in [1.807, 2.05) is 56.3 Å². The van der Waals surface area contributed by atoms with Gasteiger partial charge in [-0.25, -0.2) is 9.98 Å². The lowest BCUT2D eigenvalue weighted by Gasteiger charge is -2.25. The normalized spacial score (nSPS) is 13.8. The second kappa shape index (κ2) is 9.77. The van der Waals surface area contributed by atoms with Gasteiger partial charge in [0.15, 0.2) is 5.96 Å². The van der Waals surface area contributed by atoms with Crippen molar-refractivity contribution >= 4 is 5.96 Å². The SMILES string of the molecule is CCNC(=NCc1ccnc(OCC)c1)NCC(C)(O)c1ccccc1. The van der Waals surface area contributed by atoms with Crippen molar-refractivity contribution in [2.24, 2.45) is 4.99 Å². The fraction of sp³-hybridized carbons (Fsp3) is 0.400. The van der Waals surface area contributed by atoms with Crippen LogP contribution in [0.2, 0.25) is 0 Å². The van der Waals surface area contributed by atoms with Crippen LogP contribution in [0.3, 0.4) is 0 Å². The van der Waals surface area contributed by atoms with Gasteiger partial charge in [0.1, 0.15) is 5.60 Å². The zero-order chi connectivity index (χ0) is 18.8. The van der Waals surface area contributed by atoms with Crippen molar-refractivity contribution in [3.05, 3.63) is 59.8 Å². The largest absolute Gasteiger partial charge is 0.478 e. The van der Waals surface area contributed by atoms with Crippen molar-refractivity contribution in [2.45, 2.75) is 32.9 Å². The van der Waals surface area contributed by atoms with E-state index in [2.05, 4.69) is 20.6 Å². The molecule has 6 nitrogen and oxygen atoms in total. The van der Waals surface area contributed by atoms with Crippen LogP contribution in [0.15, 0.2) is 53.7 Å². The van der Waals surface area contributed by atoms with Crippen LogP contribution >= 0.6 is 0 Å². The van der Waals surface area contributed by atoms with Gasteiger partial charge in [-0.1, -0.05) is 30.3 Å². The van der Waals surface area contributed by atoms with Crippen LogP contribution in [0, 0.1) is 0 Å². The number of aliphatic imine (C=N–C) groups is 1. The summed E-state index contributed by atoms with van der Waals surface area (Å²) in [6.45, 7) is 7.88. The first kappa shape index (κ1) is 19.7. The first-order valence-corrected chi connectivity index (χ1v) is 8.93. The van der Waals surface area contributed by atoms with Crippen LogP contribution in [0.5, 0.6) is 5.88 Å². The highest BCUT2D eigenvalue weighted by Crippen LogP contribution is 2.18. The Morgan fingerprint density at radius 2 is 1.96 bits per heavy atom. The molecule has 0 saturated carbocycles. The third-order valence-corrected chi connectivity index (χ3v) is 3.85. The van der Waals surface area contributed by atoms with Crippen LogP contribution in [-0.4, -0.2) is 35.7 Å². The molecule has 0 amide bonds. The summed E-state index contributed by atoms with van der Waals surface area (Å²) in [5.74, 6) is 1.25. The Kier molecular flexibility index (Phi) is 7.41. The molecule has 0 saturated heterocycles. The molecule has 0 bridgehead atoms. The van der Waals surface area contributed by atoms with Crippen molar-refractivity contribution < 1.29 is 9.84 Å². The van der Waals surface area contributed by atoms with Gasteiger partial charge in [0, 0.05) is 18.8 Å². The van der Waals surface area contributed by atoms with E-state index in [0.717, 1.165) is 17.7 Å². The molecule has 0 aliphatic carbocycles. The number of aliphatic hydroxyl groups is 1. The smallest absolute Gasteiger partial charge is 0.213 e. The van der Waals surface area contributed by atoms with Crippen LogP contribution in [-0.2, 0) is 12.1 Å². The van der Waals surface area contributed by atoms with Crippen molar-refractivity contribution in [1.82, 2.24) is 15.6 Å². The van der Waals surface area contributed by atoms with Crippen LogP contribution in [0.25, 0.3) is 0 Å². The van der Waals surface area contributed by atoms with Crippen LogP contribution < -0.4 is 15.4 Å². The molecule has 3 N–H and O–H groups in total. The minimum atomic E-state index is -0.990. The average Bonchev–Trinajstić information content (AvgIpc) is 2.65. The Labute approximate surface area is 155 Å². The Hall–Kier alpha value is -2.60. The predicted molar refractivity (Wildman–Crippen MR) is 104 cm³/mol. The number of hydrogen-bond donors (Lipinski definition) is 3. The second-order valence-corrected chi connectivity index (χ2v) is 6.12. The number of nitrogens with zero attached hydrogens (tertiary/aromatic N) is 2. The van der Waals surface area contributed by atoms with E-state index in [-0.39, 0.29) is 0 Å². The van der Waals surface area contributed by atoms with E-state index < -0.39 is 5.60 Å². The maximum Gasteiger partial charge on any atom is 0.213 e. The molecule has 1 unspecified atom stereocenters. The van der Waals surface area contributed by atoms with Crippen LogP contribution in [0.1, 0.15) is 31.9 Å². The molecule has 0 aliphatic rings. The molecular weight excluding hydrogens is 328 g/mol. The fourth-order valence-corrected chi connectivity index (χ4v) is 2.44. The minimum absolute atomic E-state index is 0.351. The van der Waals surface area contributed by atoms with E-state index >= 15 is 0 Å². The van der Waals surface area contributed by atoms with Gasteiger partial charge in [-0.15, -0.1) is 0 Å². The molecule has 0 spiro atoms. The van der Waals surface area contributed by atoms with Gasteiger partial charge in [0.2, 0.25) is 5.88 Å². The number of ether oxygens (including phenoxy) is 1. The molecule has 2 aromatic rings. The lowest BCUT2D eigenvalue weighted by Crippen LogP contribution is -2.44. The molecule has 140 valence electrons. The third kappa shape index (κ3) is 6.04. The summed E-state index contributed by atoms with van der Waals surface area (Å²) < 4.78 is 5.42. The first-order valence-electron chi connectivity index (χ1n) is 8.93. The summed E-state index contributed by atoms with van der Waals surface area (Å²) in [6.07, 6.45) is 1.72. The highest BCUT2D eigenvalue weighted by molar-refractivity contribution is 5.79. The maximum atomic E-state index is 10.7.